The highest BCUT2D eigenvalue weighted by Gasteiger charge is 2.25. The summed E-state index contributed by atoms with van der Waals surface area (Å²) in [6.45, 7) is 2.70. The number of rotatable bonds is 4. The van der Waals surface area contributed by atoms with Crippen molar-refractivity contribution in [3.8, 4) is 0 Å². The lowest BCUT2D eigenvalue weighted by molar-refractivity contribution is -0.119. The molecule has 0 aromatic rings. The number of carbonyl (C=O) groups is 1. The van der Waals surface area contributed by atoms with Gasteiger partial charge in [-0.3, -0.25) is 4.79 Å². The van der Waals surface area contributed by atoms with Gasteiger partial charge in [0, 0.05) is 13.1 Å². The van der Waals surface area contributed by atoms with Gasteiger partial charge in [-0.15, -0.1) is 0 Å². The standard InChI is InChI=1S/C10H20N2O/c1-3-8-5-4-6-9(8)12-7-10(13)11-2/h8-9,12H,3-7H2,1-2H3,(H,11,13). The van der Waals surface area contributed by atoms with Crippen molar-refractivity contribution in [3.05, 3.63) is 0 Å². The topological polar surface area (TPSA) is 41.1 Å². The average molecular weight is 184 g/mol. The van der Waals surface area contributed by atoms with Crippen LogP contribution in [-0.4, -0.2) is 25.5 Å². The average Bonchev–Trinajstić information content (AvgIpc) is 2.61. The highest BCUT2D eigenvalue weighted by atomic mass is 16.1. The molecule has 0 saturated heterocycles. The Hall–Kier alpha value is -0.570. The molecule has 0 aromatic carbocycles. The van der Waals surface area contributed by atoms with E-state index in [1.807, 2.05) is 0 Å². The Morgan fingerprint density at radius 1 is 1.46 bits per heavy atom. The second-order valence-electron chi connectivity index (χ2n) is 3.76. The van der Waals surface area contributed by atoms with Crippen LogP contribution >= 0.6 is 0 Å². The van der Waals surface area contributed by atoms with Crippen LogP contribution in [0.3, 0.4) is 0 Å². The summed E-state index contributed by atoms with van der Waals surface area (Å²) in [5.41, 5.74) is 0. The van der Waals surface area contributed by atoms with Crippen molar-refractivity contribution in [2.45, 2.75) is 38.6 Å². The number of nitrogens with one attached hydrogen (secondary N) is 2. The minimum atomic E-state index is 0.0850. The first kappa shape index (κ1) is 10.5. The normalized spacial score (nSPS) is 27.5. The molecular weight excluding hydrogens is 164 g/mol. The van der Waals surface area contributed by atoms with Gasteiger partial charge in [0.1, 0.15) is 0 Å². The van der Waals surface area contributed by atoms with Crippen LogP contribution in [0.15, 0.2) is 0 Å². The maximum atomic E-state index is 11.0. The van der Waals surface area contributed by atoms with E-state index in [9.17, 15) is 4.79 Å². The van der Waals surface area contributed by atoms with E-state index in [1.54, 1.807) is 7.05 Å². The molecule has 13 heavy (non-hydrogen) atoms. The zero-order valence-corrected chi connectivity index (χ0v) is 8.60. The molecule has 2 N–H and O–H groups in total. The van der Waals surface area contributed by atoms with Gasteiger partial charge < -0.3 is 10.6 Å². The highest BCUT2D eigenvalue weighted by Crippen LogP contribution is 2.27. The van der Waals surface area contributed by atoms with Crippen molar-refractivity contribution in [2.75, 3.05) is 13.6 Å². The van der Waals surface area contributed by atoms with E-state index in [0.29, 0.717) is 12.6 Å². The van der Waals surface area contributed by atoms with Crippen LogP contribution < -0.4 is 10.6 Å². The molecule has 2 atom stereocenters. The summed E-state index contributed by atoms with van der Waals surface area (Å²) in [4.78, 5) is 11.0. The smallest absolute Gasteiger partial charge is 0.233 e. The Kier molecular flexibility index (Phi) is 4.22. The molecule has 3 heteroatoms. The van der Waals surface area contributed by atoms with Crippen LogP contribution in [0, 0.1) is 5.92 Å². The Labute approximate surface area is 80.3 Å². The zero-order valence-electron chi connectivity index (χ0n) is 8.60. The lowest BCUT2D eigenvalue weighted by Crippen LogP contribution is -2.39. The van der Waals surface area contributed by atoms with Crippen molar-refractivity contribution in [1.29, 1.82) is 0 Å². The monoisotopic (exact) mass is 184 g/mol. The van der Waals surface area contributed by atoms with Gasteiger partial charge in [-0.25, -0.2) is 0 Å². The number of hydrogen-bond acceptors (Lipinski definition) is 2. The van der Waals surface area contributed by atoms with Crippen LogP contribution in [-0.2, 0) is 4.79 Å². The molecule has 76 valence electrons. The molecule has 1 saturated carbocycles. The molecule has 1 rings (SSSR count). The molecule has 0 radical (unpaired) electrons. The van der Waals surface area contributed by atoms with Gasteiger partial charge in [0.25, 0.3) is 0 Å². The van der Waals surface area contributed by atoms with Crippen molar-refractivity contribution in [1.82, 2.24) is 10.6 Å². The molecule has 1 amide bonds. The van der Waals surface area contributed by atoms with Crippen molar-refractivity contribution in [3.63, 3.8) is 0 Å². The molecule has 1 aliphatic rings. The molecule has 2 unspecified atom stereocenters. The zero-order chi connectivity index (χ0) is 9.68. The number of amides is 1. The summed E-state index contributed by atoms with van der Waals surface area (Å²) in [6, 6.07) is 0.572. The Bertz CT molecular complexity index is 170. The molecule has 0 spiro atoms. The first-order valence-electron chi connectivity index (χ1n) is 5.22. The van der Waals surface area contributed by atoms with Gasteiger partial charge in [-0.1, -0.05) is 19.8 Å². The Morgan fingerprint density at radius 2 is 2.23 bits per heavy atom. The van der Waals surface area contributed by atoms with Gasteiger partial charge in [0.05, 0.1) is 6.54 Å². The predicted molar refractivity (Wildman–Crippen MR) is 53.5 cm³/mol. The number of likely N-dealkylation sites (N-methyl/N-ethyl adjacent to an activating group) is 1. The molecule has 1 fully saturated rings. The van der Waals surface area contributed by atoms with E-state index >= 15 is 0 Å². The molecule has 0 heterocycles. The first-order chi connectivity index (χ1) is 6.27. The minimum Gasteiger partial charge on any atom is -0.358 e. The number of carbonyl (C=O) groups excluding carboxylic acids is 1. The maximum absolute atomic E-state index is 11.0. The van der Waals surface area contributed by atoms with E-state index in [4.69, 9.17) is 0 Å². The molecule has 0 aromatic heterocycles. The van der Waals surface area contributed by atoms with E-state index in [0.717, 1.165) is 5.92 Å². The fourth-order valence-electron chi connectivity index (χ4n) is 2.11. The quantitative estimate of drug-likeness (QED) is 0.681. The van der Waals surface area contributed by atoms with Gasteiger partial charge in [0.2, 0.25) is 5.91 Å². The third-order valence-corrected chi connectivity index (χ3v) is 2.99. The Balaban J connectivity index is 2.23. The summed E-state index contributed by atoms with van der Waals surface area (Å²) in [5.74, 6) is 0.867. The van der Waals surface area contributed by atoms with Gasteiger partial charge in [0.15, 0.2) is 0 Å². The highest BCUT2D eigenvalue weighted by molar-refractivity contribution is 5.77. The molecule has 1 aliphatic carbocycles. The van der Waals surface area contributed by atoms with Crippen LogP contribution in [0.25, 0.3) is 0 Å². The fourth-order valence-corrected chi connectivity index (χ4v) is 2.11. The summed E-state index contributed by atoms with van der Waals surface area (Å²) in [6.07, 6.45) is 5.09. The second-order valence-corrected chi connectivity index (χ2v) is 3.76. The van der Waals surface area contributed by atoms with E-state index in [-0.39, 0.29) is 5.91 Å². The van der Waals surface area contributed by atoms with Crippen molar-refractivity contribution in [2.24, 2.45) is 5.92 Å². The first-order valence-corrected chi connectivity index (χ1v) is 5.22. The minimum absolute atomic E-state index is 0.0850. The lowest BCUT2D eigenvalue weighted by Gasteiger charge is -2.18. The summed E-state index contributed by atoms with van der Waals surface area (Å²) < 4.78 is 0. The number of hydrogen-bond donors (Lipinski definition) is 2. The largest absolute Gasteiger partial charge is 0.358 e. The van der Waals surface area contributed by atoms with E-state index < -0.39 is 0 Å². The third kappa shape index (κ3) is 2.99. The third-order valence-electron chi connectivity index (χ3n) is 2.99. The predicted octanol–water partition coefficient (Wildman–Crippen LogP) is 0.901. The molecule has 0 aliphatic heterocycles. The summed E-state index contributed by atoms with van der Waals surface area (Å²) in [5, 5.41) is 5.94. The van der Waals surface area contributed by atoms with Gasteiger partial charge in [-0.05, 0) is 18.8 Å². The maximum Gasteiger partial charge on any atom is 0.233 e. The van der Waals surface area contributed by atoms with Crippen LogP contribution in [0.5, 0.6) is 0 Å². The van der Waals surface area contributed by atoms with Crippen molar-refractivity contribution < 1.29 is 4.79 Å². The summed E-state index contributed by atoms with van der Waals surface area (Å²) in [7, 11) is 1.68. The second kappa shape index (κ2) is 5.22. The summed E-state index contributed by atoms with van der Waals surface area (Å²) >= 11 is 0. The van der Waals surface area contributed by atoms with Crippen LogP contribution in [0.4, 0.5) is 0 Å². The van der Waals surface area contributed by atoms with E-state index in [1.165, 1.54) is 25.7 Å². The Morgan fingerprint density at radius 3 is 2.85 bits per heavy atom. The van der Waals surface area contributed by atoms with Crippen LogP contribution in [0.2, 0.25) is 0 Å². The van der Waals surface area contributed by atoms with Gasteiger partial charge in [-0.2, -0.15) is 0 Å². The van der Waals surface area contributed by atoms with E-state index in [2.05, 4.69) is 17.6 Å². The molecule has 3 nitrogen and oxygen atoms in total. The van der Waals surface area contributed by atoms with Crippen LogP contribution in [0.1, 0.15) is 32.6 Å². The SMILES string of the molecule is CCC1CCCC1NCC(=O)NC. The van der Waals surface area contributed by atoms with Crippen molar-refractivity contribution >= 4 is 5.91 Å². The fraction of sp³-hybridized carbons (Fsp3) is 0.900. The molecule has 0 bridgehead atoms. The van der Waals surface area contributed by atoms with Gasteiger partial charge >= 0.3 is 0 Å². The lowest BCUT2D eigenvalue weighted by atomic mass is 10.0. The molecular formula is C10H20N2O.